The van der Waals surface area contributed by atoms with E-state index >= 15 is 0 Å². The molecule has 2 heterocycles. The van der Waals surface area contributed by atoms with Crippen molar-refractivity contribution in [3.63, 3.8) is 0 Å². The zero-order valence-electron chi connectivity index (χ0n) is 13.7. The summed E-state index contributed by atoms with van der Waals surface area (Å²) in [5, 5.41) is 4.11. The summed E-state index contributed by atoms with van der Waals surface area (Å²) in [6.07, 6.45) is 7.15. The van der Waals surface area contributed by atoms with Gasteiger partial charge in [0.1, 0.15) is 0 Å². The topological polar surface area (TPSA) is 32.3 Å². The molecule has 3 nitrogen and oxygen atoms in total. The summed E-state index contributed by atoms with van der Waals surface area (Å²) in [4.78, 5) is 15.1. The minimum atomic E-state index is 0.163. The summed E-state index contributed by atoms with van der Waals surface area (Å²) in [5.41, 5.74) is 1.25. The van der Waals surface area contributed by atoms with Gasteiger partial charge in [-0.25, -0.2) is 0 Å². The van der Waals surface area contributed by atoms with Crippen molar-refractivity contribution in [3.05, 3.63) is 34.9 Å². The van der Waals surface area contributed by atoms with E-state index in [0.717, 1.165) is 24.3 Å². The molecule has 2 aliphatic heterocycles. The fourth-order valence-electron chi connectivity index (χ4n) is 4.61. The first kappa shape index (κ1) is 15.5. The number of nitrogens with zero attached hydrogens (tertiary/aromatic N) is 1. The number of amides is 1. The van der Waals surface area contributed by atoms with Gasteiger partial charge in [0.15, 0.2) is 0 Å². The van der Waals surface area contributed by atoms with E-state index in [0.29, 0.717) is 24.0 Å². The molecule has 1 aliphatic carbocycles. The van der Waals surface area contributed by atoms with E-state index in [1.807, 2.05) is 12.1 Å². The third kappa shape index (κ3) is 3.14. The first-order chi connectivity index (χ1) is 11.1. The highest BCUT2D eigenvalue weighted by Crippen LogP contribution is 2.48. The van der Waals surface area contributed by atoms with Crippen LogP contribution < -0.4 is 5.32 Å². The van der Waals surface area contributed by atoms with Gasteiger partial charge < -0.3 is 10.2 Å². The molecule has 1 aromatic rings. The monoisotopic (exact) mass is 332 g/mol. The third-order valence-corrected chi connectivity index (χ3v) is 6.36. The van der Waals surface area contributed by atoms with Crippen molar-refractivity contribution in [3.8, 4) is 0 Å². The van der Waals surface area contributed by atoms with E-state index < -0.39 is 0 Å². The molecule has 4 rings (SSSR count). The van der Waals surface area contributed by atoms with Gasteiger partial charge in [0.25, 0.3) is 0 Å². The average Bonchev–Trinajstić information content (AvgIpc) is 3.30. The van der Waals surface area contributed by atoms with Crippen molar-refractivity contribution in [2.45, 2.75) is 62.6 Å². The Kier molecular flexibility index (Phi) is 4.10. The van der Waals surface area contributed by atoms with Crippen LogP contribution in [-0.4, -0.2) is 36.0 Å². The second kappa shape index (κ2) is 6.10. The van der Waals surface area contributed by atoms with Crippen LogP contribution in [0.3, 0.4) is 0 Å². The number of hydrogen-bond donors (Lipinski definition) is 1. The molecule has 3 fully saturated rings. The van der Waals surface area contributed by atoms with Gasteiger partial charge in [0.05, 0.1) is 0 Å². The molecule has 23 heavy (non-hydrogen) atoms. The van der Waals surface area contributed by atoms with Crippen LogP contribution in [0.5, 0.6) is 0 Å². The van der Waals surface area contributed by atoms with Crippen molar-refractivity contribution in [1.29, 1.82) is 0 Å². The smallest absolute Gasteiger partial charge is 0.223 e. The van der Waals surface area contributed by atoms with Gasteiger partial charge in [-0.2, -0.15) is 0 Å². The Balaban J connectivity index is 1.34. The van der Waals surface area contributed by atoms with Crippen LogP contribution in [0.25, 0.3) is 0 Å². The lowest BCUT2D eigenvalue weighted by Gasteiger charge is -2.47. The Labute approximate surface area is 143 Å². The SMILES string of the molecule is CN1[C@H]2CCC[C@H]1CC(NC(=O)[C@H]1C[C@@H]1c1ccc(Cl)cc1)C2. The van der Waals surface area contributed by atoms with Crippen LogP contribution >= 0.6 is 11.6 Å². The molecule has 4 atom stereocenters. The lowest BCUT2D eigenvalue weighted by atomic mass is 9.82. The van der Waals surface area contributed by atoms with Gasteiger partial charge in [-0.1, -0.05) is 30.2 Å². The maximum Gasteiger partial charge on any atom is 0.223 e. The van der Waals surface area contributed by atoms with Crippen LogP contribution in [0, 0.1) is 5.92 Å². The number of fused-ring (bicyclic) bond motifs is 2. The van der Waals surface area contributed by atoms with Crippen LogP contribution in [-0.2, 0) is 4.79 Å². The molecule has 0 aromatic heterocycles. The molecule has 0 radical (unpaired) electrons. The predicted octanol–water partition coefficient (Wildman–Crippen LogP) is 3.58. The second-order valence-corrected chi connectivity index (χ2v) is 8.02. The number of hydrogen-bond acceptors (Lipinski definition) is 2. The van der Waals surface area contributed by atoms with Crippen molar-refractivity contribution in [2.24, 2.45) is 5.92 Å². The Morgan fingerprint density at radius 2 is 1.78 bits per heavy atom. The molecule has 2 bridgehead atoms. The number of piperidine rings is 2. The maximum atomic E-state index is 12.6. The molecule has 0 unspecified atom stereocenters. The quantitative estimate of drug-likeness (QED) is 0.917. The lowest BCUT2D eigenvalue weighted by molar-refractivity contribution is -0.123. The number of nitrogens with one attached hydrogen (secondary N) is 1. The summed E-state index contributed by atoms with van der Waals surface area (Å²) in [5.74, 6) is 0.811. The van der Waals surface area contributed by atoms with E-state index in [-0.39, 0.29) is 11.8 Å². The maximum absolute atomic E-state index is 12.6. The Morgan fingerprint density at radius 3 is 2.43 bits per heavy atom. The number of carbonyl (C=O) groups is 1. The number of benzene rings is 1. The highest BCUT2D eigenvalue weighted by atomic mass is 35.5. The number of halogens is 1. The first-order valence-electron chi connectivity index (χ1n) is 8.89. The summed E-state index contributed by atoms with van der Waals surface area (Å²) in [7, 11) is 2.25. The molecule has 1 amide bonds. The van der Waals surface area contributed by atoms with Gasteiger partial charge >= 0.3 is 0 Å². The standard InChI is InChI=1S/C19H25ClN2O/c1-22-15-3-2-4-16(22)10-14(9-15)21-19(23)18-11-17(18)12-5-7-13(20)8-6-12/h5-8,14-18H,2-4,9-11H2,1H3,(H,21,23)/t15-,16-,17+,18-/m0/s1. The van der Waals surface area contributed by atoms with Crippen LogP contribution in [0.4, 0.5) is 0 Å². The fourth-order valence-corrected chi connectivity index (χ4v) is 4.73. The highest BCUT2D eigenvalue weighted by molar-refractivity contribution is 6.30. The normalized spacial score (nSPS) is 36.5. The van der Waals surface area contributed by atoms with Crippen molar-refractivity contribution < 1.29 is 4.79 Å². The molecule has 124 valence electrons. The van der Waals surface area contributed by atoms with Crippen molar-refractivity contribution >= 4 is 17.5 Å². The summed E-state index contributed by atoms with van der Waals surface area (Å²) < 4.78 is 0. The molecule has 1 N–H and O–H groups in total. The van der Waals surface area contributed by atoms with Gasteiger partial charge in [-0.15, -0.1) is 0 Å². The Hall–Kier alpha value is -1.06. The van der Waals surface area contributed by atoms with E-state index in [2.05, 4.69) is 29.4 Å². The van der Waals surface area contributed by atoms with Gasteiger partial charge in [-0.3, -0.25) is 4.79 Å². The highest BCUT2D eigenvalue weighted by Gasteiger charge is 2.45. The van der Waals surface area contributed by atoms with E-state index in [1.165, 1.54) is 24.8 Å². The molecule has 2 saturated heterocycles. The second-order valence-electron chi connectivity index (χ2n) is 7.58. The molecule has 1 saturated carbocycles. The minimum Gasteiger partial charge on any atom is -0.353 e. The van der Waals surface area contributed by atoms with E-state index in [4.69, 9.17) is 11.6 Å². The molecule has 4 heteroatoms. The predicted molar refractivity (Wildman–Crippen MR) is 92.7 cm³/mol. The van der Waals surface area contributed by atoms with Crippen LogP contribution in [0.15, 0.2) is 24.3 Å². The Morgan fingerprint density at radius 1 is 1.13 bits per heavy atom. The number of carbonyl (C=O) groups excluding carboxylic acids is 1. The van der Waals surface area contributed by atoms with Crippen LogP contribution in [0.1, 0.15) is 50.0 Å². The molecule has 1 aromatic carbocycles. The molecular formula is C19H25ClN2O. The Bertz CT molecular complexity index is 574. The van der Waals surface area contributed by atoms with Crippen molar-refractivity contribution in [2.75, 3.05) is 7.05 Å². The van der Waals surface area contributed by atoms with Gasteiger partial charge in [0, 0.05) is 29.1 Å². The van der Waals surface area contributed by atoms with E-state index in [1.54, 1.807) is 0 Å². The largest absolute Gasteiger partial charge is 0.353 e. The first-order valence-corrected chi connectivity index (χ1v) is 9.27. The summed E-state index contributed by atoms with van der Waals surface area (Å²) in [6, 6.07) is 9.66. The fraction of sp³-hybridized carbons (Fsp3) is 0.632. The molecule has 0 spiro atoms. The van der Waals surface area contributed by atoms with Gasteiger partial charge in [0.2, 0.25) is 5.91 Å². The summed E-state index contributed by atoms with van der Waals surface area (Å²) in [6.45, 7) is 0. The van der Waals surface area contributed by atoms with Gasteiger partial charge in [-0.05, 0) is 62.8 Å². The van der Waals surface area contributed by atoms with Crippen LogP contribution in [0.2, 0.25) is 5.02 Å². The lowest BCUT2D eigenvalue weighted by Crippen LogP contribution is -2.55. The average molecular weight is 333 g/mol. The van der Waals surface area contributed by atoms with Crippen molar-refractivity contribution in [1.82, 2.24) is 10.2 Å². The summed E-state index contributed by atoms with van der Waals surface area (Å²) >= 11 is 5.94. The molecular weight excluding hydrogens is 308 g/mol. The molecule has 3 aliphatic rings. The third-order valence-electron chi connectivity index (χ3n) is 6.11. The zero-order chi connectivity index (χ0) is 16.0. The van der Waals surface area contributed by atoms with E-state index in [9.17, 15) is 4.79 Å². The zero-order valence-corrected chi connectivity index (χ0v) is 14.4. The number of rotatable bonds is 3. The minimum absolute atomic E-state index is 0.163.